The lowest BCUT2D eigenvalue weighted by Crippen LogP contribution is -2.33. The van der Waals surface area contributed by atoms with Gasteiger partial charge in [-0.1, -0.05) is 6.07 Å². The summed E-state index contributed by atoms with van der Waals surface area (Å²) >= 11 is 1.15. The van der Waals surface area contributed by atoms with Gasteiger partial charge in [-0.2, -0.15) is 8.62 Å². The van der Waals surface area contributed by atoms with E-state index >= 15 is 0 Å². The molecule has 6 atom stereocenters. The van der Waals surface area contributed by atoms with E-state index in [0.717, 1.165) is 11.3 Å². The zero-order chi connectivity index (χ0) is 23.9. The first-order valence-corrected chi connectivity index (χ1v) is 13.8. The number of fused-ring (bicyclic) bond motifs is 1. The second kappa shape index (κ2) is 9.45. The standard InChI is InChI=1S/C13H18NO14P3S/c1-24-6-3-2-4-8-9(6)14-13(32-8)12-11(16)10(15)7(26-12)5-25-30(20,21)28-31(22,23)27-29(17,18)19/h2-4,7,10-12,15-16H,5H2,1H3,(H,20,21)(H,22,23)(H2,17,18,19)/t7-,10-,11-,12-/m1/s1. The van der Waals surface area contributed by atoms with E-state index in [0.29, 0.717) is 16.0 Å². The van der Waals surface area contributed by atoms with Crippen molar-refractivity contribution in [3.63, 3.8) is 0 Å². The molecular weight excluding hydrogens is 519 g/mol. The Hall–Kier alpha value is -0.800. The summed E-state index contributed by atoms with van der Waals surface area (Å²) in [5.41, 5.74) is 0.497. The van der Waals surface area contributed by atoms with Crippen molar-refractivity contribution in [2.24, 2.45) is 0 Å². The van der Waals surface area contributed by atoms with E-state index in [1.54, 1.807) is 18.2 Å². The predicted molar refractivity (Wildman–Crippen MR) is 106 cm³/mol. The summed E-state index contributed by atoms with van der Waals surface area (Å²) in [7, 11) is -15.2. The number of phosphoric ester groups is 1. The fourth-order valence-corrected chi connectivity index (χ4v) is 6.88. The van der Waals surface area contributed by atoms with E-state index < -0.39 is 54.5 Å². The van der Waals surface area contributed by atoms with E-state index in [-0.39, 0.29) is 5.01 Å². The SMILES string of the molecule is COc1cccc2sc([C@@H]3O[C@H](COP(=O)(O)OP(=O)(O)OP(=O)(O)O)[C@@H](O)[C@H]3O)nc12. The van der Waals surface area contributed by atoms with Crippen LogP contribution in [0.2, 0.25) is 0 Å². The Bertz CT molecular complexity index is 1120. The molecule has 0 saturated carbocycles. The molecule has 1 saturated heterocycles. The lowest BCUT2D eigenvalue weighted by molar-refractivity contribution is -0.0222. The highest BCUT2D eigenvalue weighted by atomic mass is 32.1. The maximum atomic E-state index is 11.8. The molecule has 6 N–H and O–H groups in total. The molecule has 0 aliphatic carbocycles. The fourth-order valence-electron chi connectivity index (χ4n) is 2.79. The number of para-hydroxylation sites is 1. The van der Waals surface area contributed by atoms with Crippen molar-refractivity contribution in [3.8, 4) is 5.75 Å². The quantitative estimate of drug-likeness (QED) is 0.243. The average molecular weight is 537 g/mol. The molecule has 32 heavy (non-hydrogen) atoms. The zero-order valence-corrected chi connectivity index (χ0v) is 19.4. The van der Waals surface area contributed by atoms with Crippen LogP contribution in [0.25, 0.3) is 10.2 Å². The van der Waals surface area contributed by atoms with Crippen molar-refractivity contribution in [2.45, 2.75) is 24.4 Å². The van der Waals surface area contributed by atoms with Gasteiger partial charge in [-0.3, -0.25) is 4.52 Å². The highest BCUT2D eigenvalue weighted by Crippen LogP contribution is 2.66. The van der Waals surface area contributed by atoms with Crippen LogP contribution in [-0.4, -0.2) is 66.8 Å². The van der Waals surface area contributed by atoms with Crippen LogP contribution >= 0.6 is 34.8 Å². The molecule has 0 bridgehead atoms. The van der Waals surface area contributed by atoms with Crippen molar-refractivity contribution in [3.05, 3.63) is 23.2 Å². The number of phosphoric acid groups is 3. The average Bonchev–Trinajstić information content (AvgIpc) is 3.19. The third-order valence-electron chi connectivity index (χ3n) is 4.04. The normalized spacial score (nSPS) is 27.8. The summed E-state index contributed by atoms with van der Waals surface area (Å²) in [4.78, 5) is 40.0. The van der Waals surface area contributed by atoms with E-state index in [1.807, 2.05) is 0 Å². The van der Waals surface area contributed by atoms with Gasteiger partial charge in [0.15, 0.2) is 0 Å². The molecule has 3 rings (SSSR count). The van der Waals surface area contributed by atoms with Crippen LogP contribution in [0.4, 0.5) is 0 Å². The lowest BCUT2D eigenvalue weighted by Gasteiger charge is -2.19. The Kier molecular flexibility index (Phi) is 7.62. The van der Waals surface area contributed by atoms with Gasteiger partial charge in [-0.05, 0) is 12.1 Å². The Labute approximate surface area is 183 Å². The second-order valence-corrected chi connectivity index (χ2v) is 11.8. The molecule has 2 heterocycles. The molecule has 0 amide bonds. The number of aromatic nitrogens is 1. The van der Waals surface area contributed by atoms with Crippen molar-refractivity contribution in [1.29, 1.82) is 0 Å². The van der Waals surface area contributed by atoms with E-state index in [2.05, 4.69) is 18.1 Å². The molecule has 2 aromatic rings. The largest absolute Gasteiger partial charge is 0.494 e. The van der Waals surface area contributed by atoms with Crippen molar-refractivity contribution < 1.29 is 66.1 Å². The number of rotatable bonds is 9. The number of hydrogen-bond donors (Lipinski definition) is 6. The van der Waals surface area contributed by atoms with Gasteiger partial charge in [-0.25, -0.2) is 18.7 Å². The minimum atomic E-state index is -5.68. The van der Waals surface area contributed by atoms with Crippen LogP contribution in [0.3, 0.4) is 0 Å². The Balaban J connectivity index is 1.68. The molecule has 1 aliphatic rings. The highest BCUT2D eigenvalue weighted by Gasteiger charge is 2.47. The summed E-state index contributed by atoms with van der Waals surface area (Å²) in [6, 6.07) is 5.16. The number of nitrogens with zero attached hydrogens (tertiary/aromatic N) is 1. The third-order valence-corrected chi connectivity index (χ3v) is 8.93. The number of ether oxygens (including phenoxy) is 2. The highest BCUT2D eigenvalue weighted by molar-refractivity contribution is 7.66. The molecule has 19 heteroatoms. The van der Waals surface area contributed by atoms with E-state index in [1.165, 1.54) is 7.11 Å². The van der Waals surface area contributed by atoms with E-state index in [4.69, 9.17) is 24.2 Å². The first kappa shape index (κ1) is 25.8. The van der Waals surface area contributed by atoms with Crippen molar-refractivity contribution in [2.75, 3.05) is 13.7 Å². The molecule has 1 fully saturated rings. The smallest absolute Gasteiger partial charge is 0.490 e. The van der Waals surface area contributed by atoms with Gasteiger partial charge in [0.2, 0.25) is 0 Å². The van der Waals surface area contributed by atoms with Crippen LogP contribution in [0, 0.1) is 0 Å². The van der Waals surface area contributed by atoms with Crippen LogP contribution < -0.4 is 4.74 Å². The molecule has 0 radical (unpaired) electrons. The van der Waals surface area contributed by atoms with Crippen LogP contribution in [0.15, 0.2) is 18.2 Å². The summed E-state index contributed by atoms with van der Waals surface area (Å²) in [6.07, 6.45) is -5.65. The van der Waals surface area contributed by atoms with Gasteiger partial charge in [0, 0.05) is 0 Å². The van der Waals surface area contributed by atoms with Gasteiger partial charge < -0.3 is 39.3 Å². The van der Waals surface area contributed by atoms with Gasteiger partial charge in [0.1, 0.15) is 40.7 Å². The van der Waals surface area contributed by atoms with E-state index in [9.17, 15) is 28.8 Å². The third kappa shape index (κ3) is 6.20. The Morgan fingerprint density at radius 1 is 1.06 bits per heavy atom. The Morgan fingerprint density at radius 2 is 1.75 bits per heavy atom. The maximum Gasteiger partial charge on any atom is 0.490 e. The summed E-state index contributed by atoms with van der Waals surface area (Å²) in [5.74, 6) is 0.474. The number of thiazole rings is 1. The van der Waals surface area contributed by atoms with Crippen LogP contribution in [-0.2, 0) is 31.6 Å². The molecule has 1 aliphatic heterocycles. The number of methoxy groups -OCH3 is 1. The molecule has 1 aromatic carbocycles. The number of aliphatic hydroxyl groups excluding tert-OH is 2. The van der Waals surface area contributed by atoms with Crippen molar-refractivity contribution >= 4 is 45.0 Å². The number of hydrogen-bond acceptors (Lipinski definition) is 12. The zero-order valence-electron chi connectivity index (χ0n) is 15.9. The maximum absolute atomic E-state index is 11.8. The first-order chi connectivity index (χ1) is 14.7. The fraction of sp³-hybridized carbons (Fsp3) is 0.462. The van der Waals surface area contributed by atoms with Gasteiger partial charge in [-0.15, -0.1) is 11.3 Å². The minimum absolute atomic E-state index is 0.275. The summed E-state index contributed by atoms with van der Waals surface area (Å²) in [6.45, 7) is -0.910. The lowest BCUT2D eigenvalue weighted by atomic mass is 10.1. The molecule has 180 valence electrons. The number of benzene rings is 1. The molecule has 1 aromatic heterocycles. The molecular formula is C13H18NO14P3S. The van der Waals surface area contributed by atoms with Crippen LogP contribution in [0.1, 0.15) is 11.1 Å². The molecule has 0 spiro atoms. The van der Waals surface area contributed by atoms with Gasteiger partial charge >= 0.3 is 23.5 Å². The van der Waals surface area contributed by atoms with Gasteiger partial charge in [0.05, 0.1) is 18.4 Å². The molecule has 2 unspecified atom stereocenters. The first-order valence-electron chi connectivity index (χ1n) is 8.45. The predicted octanol–water partition coefficient (Wildman–Crippen LogP) is 0.810. The Morgan fingerprint density at radius 3 is 2.38 bits per heavy atom. The number of aliphatic hydroxyl groups is 2. The summed E-state index contributed by atoms with van der Waals surface area (Å²) < 4.78 is 56.9. The topological polar surface area (TPSA) is 232 Å². The van der Waals surface area contributed by atoms with Crippen molar-refractivity contribution in [1.82, 2.24) is 4.98 Å². The monoisotopic (exact) mass is 537 g/mol. The van der Waals surface area contributed by atoms with Crippen LogP contribution in [0.5, 0.6) is 5.75 Å². The minimum Gasteiger partial charge on any atom is -0.494 e. The van der Waals surface area contributed by atoms with Gasteiger partial charge in [0.25, 0.3) is 0 Å². The second-order valence-electron chi connectivity index (χ2n) is 6.32. The molecule has 15 nitrogen and oxygen atoms in total. The summed E-state index contributed by atoms with van der Waals surface area (Å²) in [5, 5.41) is 20.8.